The zero-order valence-corrected chi connectivity index (χ0v) is 16.0. The van der Waals surface area contributed by atoms with Gasteiger partial charge in [-0.2, -0.15) is 0 Å². The van der Waals surface area contributed by atoms with Crippen molar-refractivity contribution >= 4 is 39.3 Å². The zero-order valence-electron chi connectivity index (χ0n) is 12.8. The first-order chi connectivity index (χ1) is 11.7. The van der Waals surface area contributed by atoms with Crippen LogP contribution in [0.2, 0.25) is 5.02 Å². The highest BCUT2D eigenvalue weighted by Gasteiger charge is 2.15. The van der Waals surface area contributed by atoms with E-state index in [2.05, 4.69) is 44.8 Å². The summed E-state index contributed by atoms with van der Waals surface area (Å²) in [6.07, 6.45) is 1.84. The molecule has 0 aliphatic carbocycles. The molecule has 3 rings (SSSR count). The molecule has 0 spiro atoms. The van der Waals surface area contributed by atoms with Crippen LogP contribution < -0.4 is 0 Å². The quantitative estimate of drug-likeness (QED) is 0.371. The Balaban J connectivity index is 1.87. The number of halogens is 2. The van der Waals surface area contributed by atoms with Crippen LogP contribution in [0.15, 0.2) is 70.8 Å². The van der Waals surface area contributed by atoms with E-state index in [9.17, 15) is 0 Å². The van der Waals surface area contributed by atoms with Crippen molar-refractivity contribution < 1.29 is 0 Å². The van der Waals surface area contributed by atoms with E-state index < -0.39 is 0 Å². The lowest BCUT2D eigenvalue weighted by Crippen LogP contribution is -2.01. The van der Waals surface area contributed by atoms with Gasteiger partial charge in [-0.1, -0.05) is 69.6 Å². The highest BCUT2D eigenvalue weighted by Crippen LogP contribution is 2.30. The molecule has 24 heavy (non-hydrogen) atoms. The Morgan fingerprint density at radius 2 is 1.88 bits per heavy atom. The third-order valence-corrected chi connectivity index (χ3v) is 5.32. The number of rotatable bonds is 6. The van der Waals surface area contributed by atoms with Gasteiger partial charge in [0.2, 0.25) is 0 Å². The van der Waals surface area contributed by atoms with Gasteiger partial charge in [-0.15, -0.1) is 16.8 Å². The molecule has 0 aliphatic heterocycles. The molecule has 0 fully saturated rings. The smallest absolute Gasteiger partial charge is 0.192 e. The normalized spacial score (nSPS) is 10.8. The third-order valence-electron chi connectivity index (χ3n) is 3.42. The second-order valence-electron chi connectivity index (χ2n) is 5.10. The first-order valence-electron chi connectivity index (χ1n) is 7.35. The molecule has 1 aromatic heterocycles. The van der Waals surface area contributed by atoms with Gasteiger partial charge in [-0.25, -0.2) is 0 Å². The second kappa shape index (κ2) is 8.01. The molecule has 0 bridgehead atoms. The molecule has 0 radical (unpaired) electrons. The molecule has 0 N–H and O–H groups in total. The molecule has 0 atom stereocenters. The zero-order chi connectivity index (χ0) is 16.9. The molecule has 2 aromatic carbocycles. The van der Waals surface area contributed by atoms with Crippen molar-refractivity contribution in [3.05, 3.63) is 76.2 Å². The van der Waals surface area contributed by atoms with Crippen LogP contribution in [-0.4, -0.2) is 14.8 Å². The van der Waals surface area contributed by atoms with E-state index in [1.165, 1.54) is 5.56 Å². The molecule has 1 heterocycles. The average molecular weight is 421 g/mol. The van der Waals surface area contributed by atoms with Crippen LogP contribution in [0, 0.1) is 0 Å². The number of allylic oxidation sites excluding steroid dienone is 1. The Bertz CT molecular complexity index is 846. The van der Waals surface area contributed by atoms with Crippen molar-refractivity contribution in [2.45, 2.75) is 17.5 Å². The molecule has 0 unspecified atom stereocenters. The molecule has 3 aromatic rings. The lowest BCUT2D eigenvalue weighted by molar-refractivity contribution is 0.731. The number of aromatic nitrogens is 3. The van der Waals surface area contributed by atoms with Crippen LogP contribution in [-0.2, 0) is 12.3 Å². The SMILES string of the molecule is C=CCn1c(SCc2ccc(Br)cc2)nnc1-c1ccccc1Cl. The van der Waals surface area contributed by atoms with Gasteiger partial charge in [0.15, 0.2) is 11.0 Å². The molecule has 122 valence electrons. The topological polar surface area (TPSA) is 30.7 Å². The van der Waals surface area contributed by atoms with Gasteiger partial charge in [-0.3, -0.25) is 4.57 Å². The summed E-state index contributed by atoms with van der Waals surface area (Å²) < 4.78 is 3.12. The van der Waals surface area contributed by atoms with Gasteiger partial charge >= 0.3 is 0 Å². The fraction of sp³-hybridized carbons (Fsp3) is 0.111. The first kappa shape index (κ1) is 17.3. The number of hydrogen-bond acceptors (Lipinski definition) is 3. The number of benzene rings is 2. The molecular formula is C18H15BrClN3S. The Hall–Kier alpha value is -1.56. The summed E-state index contributed by atoms with van der Waals surface area (Å²) in [5.41, 5.74) is 2.11. The van der Waals surface area contributed by atoms with Crippen molar-refractivity contribution in [1.29, 1.82) is 0 Å². The third kappa shape index (κ3) is 3.91. The van der Waals surface area contributed by atoms with E-state index in [0.717, 1.165) is 26.8 Å². The summed E-state index contributed by atoms with van der Waals surface area (Å²) in [6, 6.07) is 15.9. The lowest BCUT2D eigenvalue weighted by Gasteiger charge is -2.09. The average Bonchev–Trinajstić information content (AvgIpc) is 2.98. The van der Waals surface area contributed by atoms with E-state index in [-0.39, 0.29) is 0 Å². The molecule has 0 saturated carbocycles. The molecular weight excluding hydrogens is 406 g/mol. The minimum absolute atomic E-state index is 0.635. The summed E-state index contributed by atoms with van der Waals surface area (Å²) in [5, 5.41) is 10.2. The van der Waals surface area contributed by atoms with Crippen LogP contribution in [0.1, 0.15) is 5.56 Å². The van der Waals surface area contributed by atoms with E-state index in [1.54, 1.807) is 11.8 Å². The molecule has 6 heteroatoms. The predicted octanol–water partition coefficient (Wildman–Crippen LogP) is 5.84. The number of nitrogens with zero attached hydrogens (tertiary/aromatic N) is 3. The maximum atomic E-state index is 6.31. The van der Waals surface area contributed by atoms with E-state index >= 15 is 0 Å². The number of thioether (sulfide) groups is 1. The van der Waals surface area contributed by atoms with Gasteiger partial charge in [0, 0.05) is 22.3 Å². The number of hydrogen-bond donors (Lipinski definition) is 0. The van der Waals surface area contributed by atoms with Gasteiger partial charge < -0.3 is 0 Å². The van der Waals surface area contributed by atoms with Gasteiger partial charge in [0.05, 0.1) is 5.02 Å². The summed E-state index contributed by atoms with van der Waals surface area (Å²) >= 11 is 11.4. The van der Waals surface area contributed by atoms with Crippen LogP contribution in [0.5, 0.6) is 0 Å². The summed E-state index contributed by atoms with van der Waals surface area (Å²) in [5.74, 6) is 1.59. The minimum atomic E-state index is 0.635. The van der Waals surface area contributed by atoms with Crippen LogP contribution in [0.3, 0.4) is 0 Å². The molecule has 3 nitrogen and oxygen atoms in total. The second-order valence-corrected chi connectivity index (χ2v) is 7.37. The Morgan fingerprint density at radius 3 is 2.58 bits per heavy atom. The molecule has 0 amide bonds. The maximum Gasteiger partial charge on any atom is 0.192 e. The Labute approximate surface area is 158 Å². The minimum Gasteiger partial charge on any atom is -0.298 e. The molecule has 0 saturated heterocycles. The van der Waals surface area contributed by atoms with Gasteiger partial charge in [0.1, 0.15) is 0 Å². The Morgan fingerprint density at radius 1 is 1.12 bits per heavy atom. The Kier molecular flexibility index (Phi) is 5.76. The van der Waals surface area contributed by atoms with E-state index in [4.69, 9.17) is 11.6 Å². The fourth-order valence-electron chi connectivity index (χ4n) is 2.26. The van der Waals surface area contributed by atoms with Crippen molar-refractivity contribution in [3.63, 3.8) is 0 Å². The standard InChI is InChI=1S/C18H15BrClN3S/c1-2-11-23-17(15-5-3-4-6-16(15)20)21-22-18(23)24-12-13-7-9-14(19)10-8-13/h2-10H,1,11-12H2. The molecule has 0 aliphatic rings. The summed E-state index contributed by atoms with van der Waals surface area (Å²) in [7, 11) is 0. The van der Waals surface area contributed by atoms with Crippen molar-refractivity contribution in [3.8, 4) is 11.4 Å². The van der Waals surface area contributed by atoms with Crippen molar-refractivity contribution in [2.24, 2.45) is 0 Å². The summed E-state index contributed by atoms with van der Waals surface area (Å²) in [4.78, 5) is 0. The van der Waals surface area contributed by atoms with Crippen LogP contribution >= 0.6 is 39.3 Å². The largest absolute Gasteiger partial charge is 0.298 e. The van der Waals surface area contributed by atoms with E-state index in [1.807, 2.05) is 47.0 Å². The van der Waals surface area contributed by atoms with Crippen LogP contribution in [0.4, 0.5) is 0 Å². The highest BCUT2D eigenvalue weighted by molar-refractivity contribution is 9.10. The first-order valence-corrected chi connectivity index (χ1v) is 9.51. The lowest BCUT2D eigenvalue weighted by atomic mass is 10.2. The fourth-order valence-corrected chi connectivity index (χ4v) is 3.65. The van der Waals surface area contributed by atoms with Gasteiger partial charge in [-0.05, 0) is 29.8 Å². The van der Waals surface area contributed by atoms with Gasteiger partial charge in [0.25, 0.3) is 0 Å². The maximum absolute atomic E-state index is 6.31. The van der Waals surface area contributed by atoms with E-state index in [0.29, 0.717) is 11.6 Å². The van der Waals surface area contributed by atoms with Crippen molar-refractivity contribution in [1.82, 2.24) is 14.8 Å². The monoisotopic (exact) mass is 419 g/mol. The van der Waals surface area contributed by atoms with Crippen LogP contribution in [0.25, 0.3) is 11.4 Å². The summed E-state index contributed by atoms with van der Waals surface area (Å²) in [6.45, 7) is 4.47. The highest BCUT2D eigenvalue weighted by atomic mass is 79.9. The predicted molar refractivity (Wildman–Crippen MR) is 104 cm³/mol. The van der Waals surface area contributed by atoms with Crippen molar-refractivity contribution in [2.75, 3.05) is 0 Å².